The third-order valence-corrected chi connectivity index (χ3v) is 2.87. The molecule has 1 rings (SSSR count). The maximum atomic E-state index is 13.0. The van der Waals surface area contributed by atoms with Crippen molar-refractivity contribution in [3.05, 3.63) is 36.0 Å². The Morgan fingerprint density at radius 3 is 2.26 bits per heavy atom. The second kappa shape index (κ2) is 5.65. The molecule has 1 aromatic rings. The fourth-order valence-corrected chi connectivity index (χ4v) is 1.62. The van der Waals surface area contributed by atoms with Crippen LogP contribution in [0, 0.1) is 5.92 Å². The van der Waals surface area contributed by atoms with Gasteiger partial charge in [-0.3, -0.25) is 0 Å². The maximum Gasteiger partial charge on any atom is 0.422 e. The van der Waals surface area contributed by atoms with Gasteiger partial charge in [0.15, 0.2) is 0 Å². The summed E-state index contributed by atoms with van der Waals surface area (Å²) in [5.41, 5.74) is 0.719. The highest BCUT2D eigenvalue weighted by Crippen LogP contribution is 2.35. The van der Waals surface area contributed by atoms with Crippen molar-refractivity contribution in [3.63, 3.8) is 0 Å². The number of hydrogen-bond acceptors (Lipinski definition) is 1. The van der Waals surface area contributed by atoms with Gasteiger partial charge in [-0.25, -0.2) is 0 Å². The highest BCUT2D eigenvalue weighted by atomic mass is 19.4. The van der Waals surface area contributed by atoms with E-state index in [0.717, 1.165) is 6.07 Å². The fourth-order valence-electron chi connectivity index (χ4n) is 1.62. The summed E-state index contributed by atoms with van der Waals surface area (Å²) < 4.78 is 39.1. The maximum absolute atomic E-state index is 13.0. The van der Waals surface area contributed by atoms with Crippen molar-refractivity contribution in [1.82, 2.24) is 0 Å². The van der Waals surface area contributed by atoms with Crippen LogP contribution in [0.5, 0.6) is 0 Å². The number of nitrogens with one attached hydrogen (secondary N) is 2. The summed E-state index contributed by atoms with van der Waals surface area (Å²) in [6.45, 7) is 7.66. The summed E-state index contributed by atoms with van der Waals surface area (Å²) in [6, 6.07) is 4.27. The van der Waals surface area contributed by atoms with Crippen molar-refractivity contribution in [2.45, 2.75) is 20.0 Å². The molecule has 0 heterocycles. The molecule has 0 saturated heterocycles. The second-order valence-electron chi connectivity index (χ2n) is 5.06. The number of allylic oxidation sites excluding steroid dienone is 1. The third-order valence-electron chi connectivity index (χ3n) is 2.87. The van der Waals surface area contributed by atoms with E-state index in [1.807, 2.05) is 13.8 Å². The van der Waals surface area contributed by atoms with Gasteiger partial charge in [-0.05, 0) is 18.1 Å². The molecule has 106 valence electrons. The molecule has 0 fully saturated rings. The zero-order valence-corrected chi connectivity index (χ0v) is 11.7. The molecule has 2 N–H and O–H groups in total. The van der Waals surface area contributed by atoms with E-state index in [4.69, 9.17) is 0 Å². The standard InChI is InChI=1S/C14H19F3N2/c1-9(2)10(3)18-11-6-7-13(19(4)5)12(8-11)14(15,16)17/h6-9,18H,3H2,1-2,4-5H3/p+1. The summed E-state index contributed by atoms with van der Waals surface area (Å²) in [5, 5.41) is 2.92. The molecule has 0 atom stereocenters. The number of quaternary nitrogens is 1. The normalized spacial score (nSPS) is 12.1. The van der Waals surface area contributed by atoms with Gasteiger partial charge in [0.25, 0.3) is 0 Å². The molecule has 0 saturated carbocycles. The van der Waals surface area contributed by atoms with Crippen molar-refractivity contribution in [2.24, 2.45) is 5.92 Å². The van der Waals surface area contributed by atoms with Gasteiger partial charge >= 0.3 is 6.18 Å². The first-order valence-electron chi connectivity index (χ1n) is 6.10. The van der Waals surface area contributed by atoms with Crippen LogP contribution in [0.3, 0.4) is 0 Å². The molecule has 19 heavy (non-hydrogen) atoms. The van der Waals surface area contributed by atoms with Crippen molar-refractivity contribution in [3.8, 4) is 0 Å². The minimum Gasteiger partial charge on any atom is -0.359 e. The van der Waals surface area contributed by atoms with Gasteiger partial charge in [-0.1, -0.05) is 20.4 Å². The van der Waals surface area contributed by atoms with Crippen molar-refractivity contribution in [1.29, 1.82) is 0 Å². The first-order chi connectivity index (χ1) is 8.62. The first kappa shape index (κ1) is 15.6. The van der Waals surface area contributed by atoms with E-state index in [2.05, 4.69) is 11.9 Å². The van der Waals surface area contributed by atoms with Crippen LogP contribution in [0.2, 0.25) is 0 Å². The van der Waals surface area contributed by atoms with Crippen molar-refractivity contribution >= 4 is 11.4 Å². The lowest BCUT2D eigenvalue weighted by atomic mass is 10.1. The molecule has 0 radical (unpaired) electrons. The van der Waals surface area contributed by atoms with Crippen molar-refractivity contribution in [2.75, 3.05) is 19.4 Å². The monoisotopic (exact) mass is 273 g/mol. The minimum absolute atomic E-state index is 0.161. The van der Waals surface area contributed by atoms with E-state index in [-0.39, 0.29) is 11.6 Å². The lowest BCUT2D eigenvalue weighted by Crippen LogP contribution is -3.00. The number of benzene rings is 1. The number of hydrogen-bond donors (Lipinski definition) is 2. The molecule has 0 unspecified atom stereocenters. The van der Waals surface area contributed by atoms with Crippen LogP contribution < -0.4 is 10.2 Å². The van der Waals surface area contributed by atoms with Gasteiger partial charge in [0, 0.05) is 17.5 Å². The lowest BCUT2D eigenvalue weighted by molar-refractivity contribution is -0.787. The Morgan fingerprint density at radius 1 is 1.26 bits per heavy atom. The number of halogens is 3. The molecule has 2 nitrogen and oxygen atoms in total. The Bertz CT molecular complexity index is 462. The van der Waals surface area contributed by atoms with E-state index in [1.165, 1.54) is 6.07 Å². The smallest absolute Gasteiger partial charge is 0.359 e. The number of anilines is 1. The SMILES string of the molecule is C=C(Nc1ccc([NH+](C)C)c(C(F)(F)F)c1)C(C)C. The zero-order chi connectivity index (χ0) is 14.8. The van der Waals surface area contributed by atoms with E-state index in [9.17, 15) is 13.2 Å². The van der Waals surface area contributed by atoms with Gasteiger partial charge in [0.1, 0.15) is 11.3 Å². The summed E-state index contributed by atoms with van der Waals surface area (Å²) in [6.07, 6.45) is -4.36. The summed E-state index contributed by atoms with van der Waals surface area (Å²) in [5.74, 6) is 0.161. The third kappa shape index (κ3) is 3.99. The highest BCUT2D eigenvalue weighted by molar-refractivity contribution is 5.57. The molecule has 0 aliphatic heterocycles. The number of rotatable bonds is 4. The van der Waals surface area contributed by atoms with Gasteiger partial charge in [-0.2, -0.15) is 13.2 Å². The van der Waals surface area contributed by atoms with Crippen LogP contribution >= 0.6 is 0 Å². The van der Waals surface area contributed by atoms with Gasteiger partial charge in [0.2, 0.25) is 0 Å². The Balaban J connectivity index is 3.16. The zero-order valence-electron chi connectivity index (χ0n) is 11.7. The molecule has 0 bridgehead atoms. The quantitative estimate of drug-likeness (QED) is 0.862. The van der Waals surface area contributed by atoms with Crippen molar-refractivity contribution < 1.29 is 18.1 Å². The molecule has 5 heteroatoms. The molecular weight excluding hydrogens is 253 g/mol. The van der Waals surface area contributed by atoms with Crippen LogP contribution in [0.15, 0.2) is 30.5 Å². The van der Waals surface area contributed by atoms with Gasteiger partial charge in [-0.15, -0.1) is 0 Å². The molecule has 0 aliphatic carbocycles. The first-order valence-corrected chi connectivity index (χ1v) is 6.10. The summed E-state index contributed by atoms with van der Waals surface area (Å²) in [4.78, 5) is 0.640. The molecular formula is C14H20F3N2+. The summed E-state index contributed by atoms with van der Waals surface area (Å²) in [7, 11) is 3.34. The lowest BCUT2D eigenvalue weighted by Gasteiger charge is -2.18. The van der Waals surface area contributed by atoms with Crippen LogP contribution in [-0.2, 0) is 6.18 Å². The predicted molar refractivity (Wildman–Crippen MR) is 71.5 cm³/mol. The van der Waals surface area contributed by atoms with Crippen LogP contribution in [0.1, 0.15) is 19.4 Å². The number of alkyl halides is 3. The Morgan fingerprint density at radius 2 is 1.84 bits per heavy atom. The second-order valence-corrected chi connectivity index (χ2v) is 5.06. The molecule has 0 aromatic heterocycles. The molecule has 0 spiro atoms. The van der Waals surface area contributed by atoms with E-state index in [0.29, 0.717) is 16.3 Å². The fraction of sp³-hybridized carbons (Fsp3) is 0.429. The largest absolute Gasteiger partial charge is 0.422 e. The van der Waals surface area contributed by atoms with Gasteiger partial charge in [0.05, 0.1) is 14.1 Å². The Kier molecular flexibility index (Phi) is 4.63. The van der Waals surface area contributed by atoms with Gasteiger partial charge < -0.3 is 10.2 Å². The van der Waals surface area contributed by atoms with E-state index < -0.39 is 11.7 Å². The molecule has 1 aromatic carbocycles. The van der Waals surface area contributed by atoms with Crippen LogP contribution in [0.25, 0.3) is 0 Å². The Labute approximate surface area is 111 Å². The topological polar surface area (TPSA) is 16.5 Å². The summed E-state index contributed by atoms with van der Waals surface area (Å²) >= 11 is 0. The van der Waals surface area contributed by atoms with Crippen LogP contribution in [0.4, 0.5) is 24.5 Å². The van der Waals surface area contributed by atoms with E-state index >= 15 is 0 Å². The molecule has 0 amide bonds. The minimum atomic E-state index is -4.36. The van der Waals surface area contributed by atoms with E-state index in [1.54, 1.807) is 20.2 Å². The molecule has 0 aliphatic rings. The average molecular weight is 273 g/mol. The highest BCUT2D eigenvalue weighted by Gasteiger charge is 2.36. The van der Waals surface area contributed by atoms with Crippen LogP contribution in [-0.4, -0.2) is 14.1 Å². The predicted octanol–water partition coefficient (Wildman–Crippen LogP) is 3.06. The Hall–Kier alpha value is -1.49. The average Bonchev–Trinajstić information content (AvgIpc) is 2.27.